The van der Waals surface area contributed by atoms with E-state index < -0.39 is 46.4 Å². The Bertz CT molecular complexity index is 1480. The molecule has 0 spiro atoms. The number of anilines is 1. The summed E-state index contributed by atoms with van der Waals surface area (Å²) < 4.78 is 6.82. The van der Waals surface area contributed by atoms with E-state index in [-0.39, 0.29) is 28.0 Å². The minimum absolute atomic E-state index is 0.0682. The number of hydrogen-bond donors (Lipinski definition) is 3. The minimum Gasteiger partial charge on any atom is -0.477 e. The zero-order chi connectivity index (χ0) is 31.0. The molecule has 2 unspecified atom stereocenters. The van der Waals surface area contributed by atoms with Crippen LogP contribution in [0, 0.1) is 0 Å². The Morgan fingerprint density at radius 2 is 2.00 bits per heavy atom. The van der Waals surface area contributed by atoms with E-state index in [9.17, 15) is 24.3 Å². The molecule has 19 heteroatoms. The Hall–Kier alpha value is -3.71. The maximum atomic E-state index is 13.4. The average Bonchev–Trinajstić information content (AvgIpc) is 3.51. The highest BCUT2D eigenvalue weighted by Crippen LogP contribution is 2.41. The van der Waals surface area contributed by atoms with Crippen LogP contribution in [0.5, 0.6) is 0 Å². The van der Waals surface area contributed by atoms with Crippen molar-refractivity contribution in [3.05, 3.63) is 22.3 Å². The monoisotopic (exact) mass is 639 g/mol. The number of aromatic nitrogens is 5. The predicted molar refractivity (Wildman–Crippen MR) is 153 cm³/mol. The number of β-lactam (4-membered cyclic amide) rings is 1. The molecule has 42 heavy (non-hydrogen) atoms. The Kier molecular flexibility index (Phi) is 8.84. The number of ether oxygens (including phenoxy) is 1. The largest absolute Gasteiger partial charge is 0.477 e. The van der Waals surface area contributed by atoms with Crippen LogP contribution in [0.1, 0.15) is 40.3 Å². The zero-order valence-corrected chi connectivity index (χ0v) is 25.9. The maximum absolute atomic E-state index is 13.4. The summed E-state index contributed by atoms with van der Waals surface area (Å²) >= 11 is 3.61. The summed E-state index contributed by atoms with van der Waals surface area (Å²) in [5.74, 6) is -2.84. The molecule has 0 bridgehead atoms. The van der Waals surface area contributed by atoms with Crippen molar-refractivity contribution in [2.24, 2.45) is 12.2 Å². The molecule has 226 valence electrons. The first-order valence-electron chi connectivity index (χ1n) is 12.4. The Morgan fingerprint density at radius 3 is 2.57 bits per heavy atom. The van der Waals surface area contributed by atoms with Crippen LogP contribution in [-0.4, -0.2) is 98.8 Å². The van der Waals surface area contributed by atoms with E-state index in [1.165, 1.54) is 47.4 Å². The van der Waals surface area contributed by atoms with Crippen molar-refractivity contribution in [1.29, 1.82) is 0 Å². The number of nitrogens with two attached hydrogens (primary N) is 1. The second-order valence-electron chi connectivity index (χ2n) is 10.6. The van der Waals surface area contributed by atoms with Gasteiger partial charge in [0.2, 0.25) is 10.8 Å². The van der Waals surface area contributed by atoms with Crippen LogP contribution in [0.3, 0.4) is 0 Å². The van der Waals surface area contributed by atoms with Gasteiger partial charge in [-0.3, -0.25) is 14.5 Å². The van der Waals surface area contributed by atoms with Gasteiger partial charge in [-0.15, -0.1) is 28.2 Å². The number of fused-ring (bicyclic) bond motifs is 1. The van der Waals surface area contributed by atoms with Crippen molar-refractivity contribution in [3.63, 3.8) is 0 Å². The molecule has 2 atom stereocenters. The number of oxime groups is 1. The summed E-state index contributed by atoms with van der Waals surface area (Å²) in [6, 6.07) is -1.05. The van der Waals surface area contributed by atoms with Crippen LogP contribution < -0.4 is 11.1 Å². The molecule has 4 heterocycles. The number of carboxylic acids is 1. The first kappa shape index (κ1) is 31.2. The highest BCUT2D eigenvalue weighted by molar-refractivity contribution is 8.01. The molecule has 16 nitrogen and oxygen atoms in total. The summed E-state index contributed by atoms with van der Waals surface area (Å²) in [6.07, 6.45) is 0. The highest BCUT2D eigenvalue weighted by atomic mass is 32.2. The highest BCUT2D eigenvalue weighted by Gasteiger charge is 2.54. The van der Waals surface area contributed by atoms with Crippen molar-refractivity contribution >= 4 is 69.5 Å². The number of nitrogen functional groups attached to an aromatic ring is 1. The van der Waals surface area contributed by atoms with Crippen LogP contribution in [0.15, 0.2) is 27.0 Å². The van der Waals surface area contributed by atoms with Crippen molar-refractivity contribution in [1.82, 2.24) is 35.4 Å². The van der Waals surface area contributed by atoms with Gasteiger partial charge in [-0.1, -0.05) is 16.9 Å². The average molecular weight is 640 g/mol. The lowest BCUT2D eigenvalue weighted by atomic mass is 10.0. The van der Waals surface area contributed by atoms with Crippen molar-refractivity contribution in [3.8, 4) is 0 Å². The fourth-order valence-corrected chi connectivity index (χ4v) is 6.58. The van der Waals surface area contributed by atoms with Crippen LogP contribution in [-0.2, 0) is 35.8 Å². The van der Waals surface area contributed by atoms with Gasteiger partial charge in [0.15, 0.2) is 10.8 Å². The van der Waals surface area contributed by atoms with E-state index in [4.69, 9.17) is 15.3 Å². The minimum atomic E-state index is -1.57. The first-order valence-corrected chi connectivity index (χ1v) is 15.3. The number of aliphatic carboxylic acids is 1. The van der Waals surface area contributed by atoms with E-state index >= 15 is 0 Å². The van der Waals surface area contributed by atoms with Gasteiger partial charge in [0.05, 0.1) is 0 Å². The molecule has 0 aliphatic carbocycles. The van der Waals surface area contributed by atoms with E-state index in [1.54, 1.807) is 27.8 Å². The number of hydrogen-bond acceptors (Lipinski definition) is 15. The zero-order valence-electron chi connectivity index (χ0n) is 23.5. The number of carboxylic acid groups (broad SMARTS) is 1. The second kappa shape index (κ2) is 11.9. The molecule has 1 saturated heterocycles. The van der Waals surface area contributed by atoms with Gasteiger partial charge in [0.25, 0.3) is 11.8 Å². The third-order valence-corrected chi connectivity index (χ3v) is 8.84. The molecule has 2 aliphatic heterocycles. The molecular formula is C23H29N9O7S3. The number of aryl methyl sites for hydroxylation is 1. The molecule has 2 amide bonds. The van der Waals surface area contributed by atoms with Gasteiger partial charge in [0, 0.05) is 23.9 Å². The lowest BCUT2D eigenvalue weighted by Gasteiger charge is -2.49. The SMILES string of the molecule is Cn1nnnc1SCC1=C(C(=O)O)N2C(=O)C(NC(=O)/C(=N\OC(C)(C)C(=O)OC(C)(C)C)c3csc(N)n3)C2SC1. The van der Waals surface area contributed by atoms with Gasteiger partial charge in [-0.2, -0.15) is 0 Å². The van der Waals surface area contributed by atoms with E-state index in [0.717, 1.165) is 16.2 Å². The maximum Gasteiger partial charge on any atom is 0.353 e. The lowest BCUT2D eigenvalue weighted by molar-refractivity contribution is -0.179. The molecule has 2 aromatic heterocycles. The van der Waals surface area contributed by atoms with Gasteiger partial charge in [-0.25, -0.2) is 19.3 Å². The Labute approximate surface area is 252 Å². The van der Waals surface area contributed by atoms with Gasteiger partial charge in [0.1, 0.15) is 28.4 Å². The lowest BCUT2D eigenvalue weighted by Crippen LogP contribution is -2.71. The van der Waals surface area contributed by atoms with E-state index in [0.29, 0.717) is 16.5 Å². The van der Waals surface area contributed by atoms with Crippen LogP contribution in [0.25, 0.3) is 0 Å². The summed E-state index contributed by atoms with van der Waals surface area (Å²) in [6.45, 7) is 7.96. The topological polar surface area (TPSA) is 217 Å². The number of carbonyl (C=O) groups is 4. The molecule has 0 saturated carbocycles. The second-order valence-corrected chi connectivity index (χ2v) is 13.5. The number of nitrogens with one attached hydrogen (secondary N) is 1. The fourth-order valence-electron chi connectivity index (χ4n) is 3.70. The predicted octanol–water partition coefficient (Wildman–Crippen LogP) is 0.621. The molecule has 2 aliphatic rings. The molecule has 4 rings (SSSR count). The molecule has 0 radical (unpaired) electrons. The molecular weight excluding hydrogens is 611 g/mol. The number of esters is 1. The number of rotatable bonds is 10. The van der Waals surface area contributed by atoms with Crippen molar-refractivity contribution < 1.29 is 33.9 Å². The normalized spacial score (nSPS) is 19.2. The smallest absolute Gasteiger partial charge is 0.353 e. The van der Waals surface area contributed by atoms with Crippen LogP contribution in [0.4, 0.5) is 5.13 Å². The Balaban J connectivity index is 1.51. The van der Waals surface area contributed by atoms with Crippen molar-refractivity contribution in [2.45, 2.75) is 62.4 Å². The first-order chi connectivity index (χ1) is 19.6. The number of tetrazole rings is 1. The number of thioether (sulfide) groups is 2. The number of amides is 2. The third-order valence-electron chi connectivity index (χ3n) is 5.73. The van der Waals surface area contributed by atoms with Crippen LogP contribution in [0.2, 0.25) is 0 Å². The molecule has 0 aromatic carbocycles. The number of nitrogens with zero attached hydrogens (tertiary/aromatic N) is 7. The van der Waals surface area contributed by atoms with Gasteiger partial charge >= 0.3 is 11.9 Å². The summed E-state index contributed by atoms with van der Waals surface area (Å²) in [5, 5.41) is 29.1. The summed E-state index contributed by atoms with van der Waals surface area (Å²) in [5.41, 5.74) is 3.52. The standard InChI is InChI=1S/C23H29N9O7S3/c1-22(2,3)38-19(37)23(4,5)39-28-12(11-9-41-20(24)25-11)15(33)26-13-16(34)32-14(18(35)36)10(7-40-17(13)32)8-42-21-27-29-30-31(21)6/h9,13,17H,7-8H2,1-6H3,(H2,24,25)(H,26,33)(H,35,36)/b28-12-. The van der Waals surface area contributed by atoms with Gasteiger partial charge < -0.3 is 25.7 Å². The summed E-state index contributed by atoms with van der Waals surface area (Å²) in [7, 11) is 1.66. The number of thiazole rings is 1. The third kappa shape index (κ3) is 6.67. The summed E-state index contributed by atoms with van der Waals surface area (Å²) in [4.78, 5) is 62.0. The fraction of sp³-hybridized carbons (Fsp3) is 0.522. The number of carbonyl (C=O) groups excluding carboxylic acids is 3. The quantitative estimate of drug-likeness (QED) is 0.107. The molecule has 2 aromatic rings. The van der Waals surface area contributed by atoms with Crippen LogP contribution >= 0.6 is 34.9 Å². The molecule has 4 N–H and O–H groups in total. The Morgan fingerprint density at radius 1 is 1.29 bits per heavy atom. The van der Waals surface area contributed by atoms with E-state index in [2.05, 4.69) is 31.0 Å². The van der Waals surface area contributed by atoms with E-state index in [1.807, 2.05) is 0 Å². The van der Waals surface area contributed by atoms with Crippen molar-refractivity contribution in [2.75, 3.05) is 17.2 Å². The van der Waals surface area contributed by atoms with Gasteiger partial charge in [-0.05, 0) is 50.6 Å². The molecule has 1 fully saturated rings.